The zero-order chi connectivity index (χ0) is 15.3. The van der Waals surface area contributed by atoms with Crippen molar-refractivity contribution in [2.45, 2.75) is 38.6 Å². The van der Waals surface area contributed by atoms with Gasteiger partial charge in [-0.2, -0.15) is 4.31 Å². The lowest BCUT2D eigenvalue weighted by Crippen LogP contribution is -2.49. The lowest BCUT2D eigenvalue weighted by molar-refractivity contribution is 0.274. The van der Waals surface area contributed by atoms with Crippen LogP contribution in [0.4, 0.5) is 0 Å². The van der Waals surface area contributed by atoms with Gasteiger partial charge < -0.3 is 5.32 Å². The average Bonchev–Trinajstić information content (AvgIpc) is 2.49. The summed E-state index contributed by atoms with van der Waals surface area (Å²) in [6, 6.07) is 9.98. The summed E-state index contributed by atoms with van der Waals surface area (Å²) < 4.78 is 27.2. The summed E-state index contributed by atoms with van der Waals surface area (Å²) in [6.45, 7) is 6.23. The second-order valence-electron chi connectivity index (χ2n) is 5.79. The molecular weight excluding hydrogens is 284 g/mol. The number of nitrogens with zero attached hydrogens (tertiary/aromatic N) is 1. The lowest BCUT2D eigenvalue weighted by atomic mass is 10.0. The minimum absolute atomic E-state index is 0.0156. The van der Waals surface area contributed by atoms with Gasteiger partial charge in [-0.05, 0) is 30.9 Å². The van der Waals surface area contributed by atoms with Gasteiger partial charge in [0.15, 0.2) is 0 Å². The predicted octanol–water partition coefficient (Wildman–Crippen LogP) is 2.19. The van der Waals surface area contributed by atoms with Gasteiger partial charge in [-0.25, -0.2) is 8.42 Å². The summed E-state index contributed by atoms with van der Waals surface area (Å²) in [5, 5.41) is 3.30. The van der Waals surface area contributed by atoms with E-state index in [-0.39, 0.29) is 17.7 Å². The molecule has 5 heteroatoms. The molecule has 1 aromatic carbocycles. The van der Waals surface area contributed by atoms with Crippen LogP contribution in [0.3, 0.4) is 0 Å². The van der Waals surface area contributed by atoms with Crippen molar-refractivity contribution in [3.05, 3.63) is 35.9 Å². The number of piperidine rings is 1. The van der Waals surface area contributed by atoms with Crippen LogP contribution in [-0.4, -0.2) is 44.2 Å². The van der Waals surface area contributed by atoms with Gasteiger partial charge in [-0.3, -0.25) is 0 Å². The molecule has 2 rings (SSSR count). The molecule has 0 radical (unpaired) electrons. The van der Waals surface area contributed by atoms with Crippen molar-refractivity contribution in [1.82, 2.24) is 9.62 Å². The summed E-state index contributed by atoms with van der Waals surface area (Å²) >= 11 is 0. The first-order chi connectivity index (χ1) is 10.0. The Morgan fingerprint density at radius 3 is 2.62 bits per heavy atom. The summed E-state index contributed by atoms with van der Waals surface area (Å²) in [5.74, 6) is 0.197. The Balaban J connectivity index is 2.08. The fourth-order valence-corrected chi connectivity index (χ4v) is 5.09. The smallest absolute Gasteiger partial charge is 0.214 e. The monoisotopic (exact) mass is 310 g/mol. The normalized spacial score (nSPS) is 21.4. The van der Waals surface area contributed by atoms with Gasteiger partial charge in [0.05, 0.1) is 5.75 Å². The van der Waals surface area contributed by atoms with E-state index in [1.54, 1.807) is 4.31 Å². The molecule has 0 aromatic heterocycles. The van der Waals surface area contributed by atoms with Crippen molar-refractivity contribution in [1.29, 1.82) is 0 Å². The molecule has 0 bridgehead atoms. The van der Waals surface area contributed by atoms with Crippen LogP contribution in [0.2, 0.25) is 0 Å². The highest BCUT2D eigenvalue weighted by Gasteiger charge is 2.31. The molecule has 0 saturated carbocycles. The number of sulfonamides is 1. The zero-order valence-corrected chi connectivity index (χ0v) is 13.8. The number of hydrogen-bond donors (Lipinski definition) is 1. The van der Waals surface area contributed by atoms with Crippen LogP contribution in [0, 0.1) is 0 Å². The first-order valence-electron chi connectivity index (χ1n) is 7.79. The number of benzene rings is 1. The fraction of sp³-hybridized carbons (Fsp3) is 0.625. The van der Waals surface area contributed by atoms with Crippen molar-refractivity contribution in [3.8, 4) is 0 Å². The number of hydrogen-bond acceptors (Lipinski definition) is 3. The molecule has 0 spiro atoms. The molecule has 1 saturated heterocycles. The summed E-state index contributed by atoms with van der Waals surface area (Å²) in [7, 11) is -3.23. The highest BCUT2D eigenvalue weighted by molar-refractivity contribution is 7.89. The molecule has 0 aliphatic carbocycles. The SMILES string of the molecule is CCN(C1CCCNC1)S(=O)(=O)CC(C)c1ccccc1. The van der Waals surface area contributed by atoms with Gasteiger partial charge in [0, 0.05) is 19.1 Å². The van der Waals surface area contributed by atoms with E-state index in [1.807, 2.05) is 44.2 Å². The van der Waals surface area contributed by atoms with Gasteiger partial charge in [0.2, 0.25) is 10.0 Å². The van der Waals surface area contributed by atoms with Crippen LogP contribution in [-0.2, 0) is 10.0 Å². The van der Waals surface area contributed by atoms with E-state index >= 15 is 0 Å². The molecule has 2 atom stereocenters. The van der Waals surface area contributed by atoms with E-state index in [4.69, 9.17) is 0 Å². The van der Waals surface area contributed by atoms with Crippen LogP contribution >= 0.6 is 0 Å². The average molecular weight is 310 g/mol. The summed E-state index contributed by atoms with van der Waals surface area (Å²) in [6.07, 6.45) is 2.00. The highest BCUT2D eigenvalue weighted by Crippen LogP contribution is 2.21. The summed E-state index contributed by atoms with van der Waals surface area (Å²) in [4.78, 5) is 0. The highest BCUT2D eigenvalue weighted by atomic mass is 32.2. The van der Waals surface area contributed by atoms with Crippen LogP contribution in [0.1, 0.15) is 38.2 Å². The Hall–Kier alpha value is -0.910. The van der Waals surface area contributed by atoms with Gasteiger partial charge in [-0.15, -0.1) is 0 Å². The minimum atomic E-state index is -3.23. The maximum absolute atomic E-state index is 12.7. The van der Waals surface area contributed by atoms with Crippen molar-refractivity contribution < 1.29 is 8.42 Å². The van der Waals surface area contributed by atoms with Crippen LogP contribution in [0.15, 0.2) is 30.3 Å². The standard InChI is InChI=1S/C16H26N2O2S/c1-3-18(16-10-7-11-17-12-16)21(19,20)13-14(2)15-8-5-4-6-9-15/h4-6,8-9,14,16-17H,3,7,10-13H2,1-2H3. The van der Waals surface area contributed by atoms with E-state index in [2.05, 4.69) is 5.32 Å². The second-order valence-corrected chi connectivity index (χ2v) is 7.76. The molecule has 2 unspecified atom stereocenters. The van der Waals surface area contributed by atoms with Crippen molar-refractivity contribution >= 4 is 10.0 Å². The molecule has 21 heavy (non-hydrogen) atoms. The third kappa shape index (κ3) is 4.28. The van der Waals surface area contributed by atoms with Gasteiger partial charge >= 0.3 is 0 Å². The topological polar surface area (TPSA) is 49.4 Å². The lowest BCUT2D eigenvalue weighted by Gasteiger charge is -2.33. The van der Waals surface area contributed by atoms with E-state index < -0.39 is 10.0 Å². The van der Waals surface area contributed by atoms with E-state index in [1.165, 1.54) is 0 Å². The third-order valence-electron chi connectivity index (χ3n) is 4.18. The molecule has 1 heterocycles. The fourth-order valence-electron chi connectivity index (χ4n) is 3.05. The van der Waals surface area contributed by atoms with Gasteiger partial charge in [0.1, 0.15) is 0 Å². The van der Waals surface area contributed by atoms with E-state index in [9.17, 15) is 8.42 Å². The number of likely N-dealkylation sites (N-methyl/N-ethyl adjacent to an activating group) is 1. The summed E-state index contributed by atoms with van der Waals surface area (Å²) in [5.41, 5.74) is 1.08. The first kappa shape index (κ1) is 16.5. The maximum atomic E-state index is 12.7. The van der Waals surface area contributed by atoms with E-state index in [0.717, 1.165) is 31.5 Å². The molecule has 118 valence electrons. The Labute approximate surface area is 128 Å². The first-order valence-corrected chi connectivity index (χ1v) is 9.40. The largest absolute Gasteiger partial charge is 0.315 e. The molecule has 1 aliphatic rings. The zero-order valence-electron chi connectivity index (χ0n) is 13.0. The quantitative estimate of drug-likeness (QED) is 0.876. The van der Waals surface area contributed by atoms with Crippen molar-refractivity contribution in [2.75, 3.05) is 25.4 Å². The van der Waals surface area contributed by atoms with Gasteiger partial charge in [-0.1, -0.05) is 44.2 Å². The van der Waals surface area contributed by atoms with Crippen LogP contribution in [0.5, 0.6) is 0 Å². The molecule has 4 nitrogen and oxygen atoms in total. The molecule has 1 aromatic rings. The Morgan fingerprint density at radius 2 is 2.05 bits per heavy atom. The van der Waals surface area contributed by atoms with Crippen LogP contribution < -0.4 is 5.32 Å². The number of rotatable bonds is 6. The minimum Gasteiger partial charge on any atom is -0.315 e. The van der Waals surface area contributed by atoms with E-state index in [0.29, 0.717) is 6.54 Å². The molecule has 1 aliphatic heterocycles. The Bertz CT molecular complexity index is 524. The molecule has 1 N–H and O–H groups in total. The predicted molar refractivity (Wildman–Crippen MR) is 86.9 cm³/mol. The van der Waals surface area contributed by atoms with Crippen molar-refractivity contribution in [2.24, 2.45) is 0 Å². The van der Waals surface area contributed by atoms with Crippen molar-refractivity contribution in [3.63, 3.8) is 0 Å². The van der Waals surface area contributed by atoms with Gasteiger partial charge in [0.25, 0.3) is 0 Å². The maximum Gasteiger partial charge on any atom is 0.214 e. The Morgan fingerprint density at radius 1 is 1.33 bits per heavy atom. The Kier molecular flexibility index (Phi) is 5.79. The molecular formula is C16H26N2O2S. The second kappa shape index (κ2) is 7.38. The molecule has 0 amide bonds. The third-order valence-corrected chi connectivity index (χ3v) is 6.37. The molecule has 1 fully saturated rings. The number of nitrogens with one attached hydrogen (secondary N) is 1. The van der Waals surface area contributed by atoms with Crippen LogP contribution in [0.25, 0.3) is 0 Å².